The van der Waals surface area contributed by atoms with E-state index in [1.807, 2.05) is 0 Å². The lowest BCUT2D eigenvalue weighted by Crippen LogP contribution is -2.29. The summed E-state index contributed by atoms with van der Waals surface area (Å²) in [6, 6.07) is 0. The van der Waals surface area contributed by atoms with Crippen LogP contribution in [0.2, 0.25) is 0 Å². The van der Waals surface area contributed by atoms with E-state index < -0.39 is 0 Å². The maximum absolute atomic E-state index is 7.19. The van der Waals surface area contributed by atoms with Crippen molar-refractivity contribution >= 4 is 16.9 Å². The fourth-order valence-electron chi connectivity index (χ4n) is 0.849. The van der Waals surface area contributed by atoms with Crippen molar-refractivity contribution in [3.63, 3.8) is 0 Å². The lowest BCUT2D eigenvalue weighted by atomic mass is 9.94. The summed E-state index contributed by atoms with van der Waals surface area (Å²) in [7, 11) is 0. The van der Waals surface area contributed by atoms with E-state index in [4.69, 9.17) is 11.1 Å². The Morgan fingerprint density at radius 1 is 1.64 bits per heavy atom. The molecular formula is C8H18N2S. The Labute approximate surface area is 73.4 Å². The first-order valence-electron chi connectivity index (χ1n) is 3.95. The predicted molar refractivity (Wildman–Crippen MR) is 53.0 cm³/mol. The van der Waals surface area contributed by atoms with Crippen LogP contribution in [0.15, 0.2) is 0 Å². The molecule has 0 fully saturated rings. The Morgan fingerprint density at radius 3 is 2.18 bits per heavy atom. The second-order valence-electron chi connectivity index (χ2n) is 3.29. The fourth-order valence-corrected chi connectivity index (χ4v) is 1.73. The van der Waals surface area contributed by atoms with E-state index in [0.717, 1.165) is 6.42 Å². The SMILES string of the molecule is CCC(C)(SC(=N)N)C(C)C. The second-order valence-corrected chi connectivity index (χ2v) is 4.86. The largest absolute Gasteiger partial charge is 0.379 e. The Balaban J connectivity index is 4.22. The summed E-state index contributed by atoms with van der Waals surface area (Å²) in [6.45, 7) is 8.62. The van der Waals surface area contributed by atoms with Crippen LogP contribution in [0.3, 0.4) is 0 Å². The van der Waals surface area contributed by atoms with Gasteiger partial charge in [0, 0.05) is 4.75 Å². The minimum absolute atomic E-state index is 0.131. The third kappa shape index (κ3) is 3.14. The summed E-state index contributed by atoms with van der Waals surface area (Å²) in [5.41, 5.74) is 5.34. The zero-order valence-electron chi connectivity index (χ0n) is 7.77. The molecule has 1 unspecified atom stereocenters. The van der Waals surface area contributed by atoms with Gasteiger partial charge in [-0.2, -0.15) is 0 Å². The zero-order valence-corrected chi connectivity index (χ0v) is 8.59. The fraction of sp³-hybridized carbons (Fsp3) is 0.875. The van der Waals surface area contributed by atoms with Gasteiger partial charge in [0.1, 0.15) is 0 Å². The van der Waals surface area contributed by atoms with Gasteiger partial charge < -0.3 is 5.73 Å². The Hall–Kier alpha value is -0.180. The van der Waals surface area contributed by atoms with Gasteiger partial charge in [-0.1, -0.05) is 32.5 Å². The van der Waals surface area contributed by atoms with Crippen molar-refractivity contribution in [3.05, 3.63) is 0 Å². The lowest BCUT2D eigenvalue weighted by Gasteiger charge is -2.30. The van der Waals surface area contributed by atoms with Crippen LogP contribution in [0.1, 0.15) is 34.1 Å². The molecule has 0 radical (unpaired) electrons. The van der Waals surface area contributed by atoms with Crippen molar-refractivity contribution in [2.24, 2.45) is 11.7 Å². The molecule has 0 spiro atoms. The molecule has 1 atom stereocenters. The molecule has 2 nitrogen and oxygen atoms in total. The van der Waals surface area contributed by atoms with Gasteiger partial charge in [-0.3, -0.25) is 5.41 Å². The van der Waals surface area contributed by atoms with Gasteiger partial charge in [-0.25, -0.2) is 0 Å². The minimum Gasteiger partial charge on any atom is -0.379 e. The molecule has 0 aromatic carbocycles. The molecule has 0 rings (SSSR count). The van der Waals surface area contributed by atoms with E-state index >= 15 is 0 Å². The summed E-state index contributed by atoms with van der Waals surface area (Å²) < 4.78 is 0.131. The van der Waals surface area contributed by atoms with Crippen molar-refractivity contribution in [2.45, 2.75) is 38.9 Å². The number of nitrogens with two attached hydrogens (primary N) is 1. The first-order valence-corrected chi connectivity index (χ1v) is 4.77. The van der Waals surface area contributed by atoms with Gasteiger partial charge in [0.15, 0.2) is 5.17 Å². The van der Waals surface area contributed by atoms with E-state index in [1.165, 1.54) is 11.8 Å². The van der Waals surface area contributed by atoms with Crippen molar-refractivity contribution in [1.29, 1.82) is 5.41 Å². The van der Waals surface area contributed by atoms with Crippen molar-refractivity contribution in [3.8, 4) is 0 Å². The monoisotopic (exact) mass is 174 g/mol. The highest BCUT2D eigenvalue weighted by Crippen LogP contribution is 2.35. The number of hydrogen-bond acceptors (Lipinski definition) is 2. The quantitative estimate of drug-likeness (QED) is 0.510. The normalized spacial score (nSPS) is 16.5. The van der Waals surface area contributed by atoms with Gasteiger partial charge in [0.05, 0.1) is 0 Å². The third-order valence-electron chi connectivity index (χ3n) is 2.27. The van der Waals surface area contributed by atoms with Crippen LogP contribution in [0, 0.1) is 11.3 Å². The molecule has 0 aromatic heterocycles. The van der Waals surface area contributed by atoms with Gasteiger partial charge in [0.25, 0.3) is 0 Å². The highest BCUT2D eigenvalue weighted by Gasteiger charge is 2.27. The molecule has 0 saturated heterocycles. The first-order chi connectivity index (χ1) is 4.92. The molecule has 0 amide bonds. The molecule has 0 aromatic rings. The minimum atomic E-state index is 0.131. The summed E-state index contributed by atoms with van der Waals surface area (Å²) in [6.07, 6.45) is 1.05. The Bertz CT molecular complexity index is 145. The van der Waals surface area contributed by atoms with Crippen LogP contribution in [0.25, 0.3) is 0 Å². The van der Waals surface area contributed by atoms with Crippen LogP contribution in [-0.2, 0) is 0 Å². The topological polar surface area (TPSA) is 49.9 Å². The first kappa shape index (κ1) is 10.8. The van der Waals surface area contributed by atoms with Gasteiger partial charge in [0.2, 0.25) is 0 Å². The maximum atomic E-state index is 7.19. The van der Waals surface area contributed by atoms with E-state index in [1.54, 1.807) is 0 Å². The van der Waals surface area contributed by atoms with Crippen molar-refractivity contribution in [2.75, 3.05) is 0 Å². The Kier molecular flexibility index (Phi) is 3.93. The maximum Gasteiger partial charge on any atom is 0.151 e. The number of rotatable bonds is 3. The van der Waals surface area contributed by atoms with Crippen molar-refractivity contribution in [1.82, 2.24) is 0 Å². The average Bonchev–Trinajstić information content (AvgIpc) is 1.86. The third-order valence-corrected chi connectivity index (χ3v) is 3.71. The molecule has 0 bridgehead atoms. The van der Waals surface area contributed by atoms with Crippen LogP contribution >= 0.6 is 11.8 Å². The van der Waals surface area contributed by atoms with E-state index in [0.29, 0.717) is 5.92 Å². The van der Waals surface area contributed by atoms with Crippen LogP contribution in [-0.4, -0.2) is 9.91 Å². The predicted octanol–water partition coefficient (Wildman–Crippen LogP) is 2.44. The molecule has 11 heavy (non-hydrogen) atoms. The number of thioether (sulfide) groups is 1. The second kappa shape index (κ2) is 4.00. The molecule has 3 heteroatoms. The van der Waals surface area contributed by atoms with E-state index in [-0.39, 0.29) is 9.91 Å². The molecule has 0 saturated carbocycles. The molecule has 0 aliphatic rings. The Morgan fingerprint density at radius 2 is 2.09 bits per heavy atom. The summed E-state index contributed by atoms with van der Waals surface area (Å²) in [5.74, 6) is 0.557. The molecule has 0 heterocycles. The molecule has 0 aliphatic heterocycles. The zero-order chi connectivity index (χ0) is 9.07. The summed E-state index contributed by atoms with van der Waals surface area (Å²) in [5, 5.41) is 7.41. The lowest BCUT2D eigenvalue weighted by molar-refractivity contribution is 0.457. The number of hydrogen-bond donors (Lipinski definition) is 2. The average molecular weight is 174 g/mol. The summed E-state index contributed by atoms with van der Waals surface area (Å²) in [4.78, 5) is 0. The standard InChI is InChI=1S/C8H18N2S/c1-5-8(4,6(2)3)11-7(9)10/h6H,5H2,1-4H3,(H3,9,10). The highest BCUT2D eigenvalue weighted by atomic mass is 32.2. The number of nitrogens with one attached hydrogen (secondary N) is 1. The van der Waals surface area contributed by atoms with Gasteiger partial charge in [-0.15, -0.1) is 0 Å². The van der Waals surface area contributed by atoms with Crippen LogP contribution < -0.4 is 5.73 Å². The van der Waals surface area contributed by atoms with Crippen LogP contribution in [0.4, 0.5) is 0 Å². The smallest absolute Gasteiger partial charge is 0.151 e. The van der Waals surface area contributed by atoms with E-state index in [2.05, 4.69) is 27.7 Å². The molecule has 66 valence electrons. The summed E-state index contributed by atoms with van der Waals surface area (Å²) >= 11 is 1.47. The highest BCUT2D eigenvalue weighted by molar-refractivity contribution is 8.14. The van der Waals surface area contributed by atoms with Crippen molar-refractivity contribution < 1.29 is 0 Å². The molecule has 0 aliphatic carbocycles. The van der Waals surface area contributed by atoms with Gasteiger partial charge in [-0.05, 0) is 19.3 Å². The molecular weight excluding hydrogens is 156 g/mol. The molecule has 3 N–H and O–H groups in total. The number of amidine groups is 1. The van der Waals surface area contributed by atoms with Gasteiger partial charge >= 0.3 is 0 Å². The van der Waals surface area contributed by atoms with E-state index in [9.17, 15) is 0 Å². The van der Waals surface area contributed by atoms with Crippen LogP contribution in [0.5, 0.6) is 0 Å².